The summed E-state index contributed by atoms with van der Waals surface area (Å²) in [5.74, 6) is -2.23. The molecular formula is C25H26O12. The lowest BCUT2D eigenvalue weighted by Crippen LogP contribution is -2.60. The van der Waals surface area contributed by atoms with Crippen molar-refractivity contribution >= 4 is 18.0 Å². The van der Waals surface area contributed by atoms with Crippen molar-refractivity contribution in [1.29, 1.82) is 0 Å². The summed E-state index contributed by atoms with van der Waals surface area (Å²) in [6.45, 7) is -0.797. The summed E-state index contributed by atoms with van der Waals surface area (Å²) < 4.78 is 27.6. The molecule has 9 unspecified atom stereocenters. The van der Waals surface area contributed by atoms with E-state index in [9.17, 15) is 35.1 Å². The Bertz CT molecular complexity index is 1120. The van der Waals surface area contributed by atoms with Crippen LogP contribution in [0.1, 0.15) is 5.56 Å². The molecule has 0 bridgehead atoms. The van der Waals surface area contributed by atoms with Crippen molar-refractivity contribution in [2.45, 2.75) is 43.1 Å². The molecule has 12 nitrogen and oxygen atoms in total. The number of benzene rings is 1. The first-order valence-electron chi connectivity index (χ1n) is 11.6. The van der Waals surface area contributed by atoms with Crippen molar-refractivity contribution in [3.05, 3.63) is 59.4 Å². The number of aliphatic hydroxyl groups excluding tert-OH is 4. The van der Waals surface area contributed by atoms with E-state index in [4.69, 9.17) is 23.7 Å². The average molecular weight is 518 g/mol. The number of rotatable bonds is 7. The fraction of sp³-hybridized carbons (Fsp3) is 0.440. The highest BCUT2D eigenvalue weighted by molar-refractivity contribution is 5.92. The largest absolute Gasteiger partial charge is 0.508 e. The zero-order chi connectivity index (χ0) is 26.3. The molecule has 0 saturated carbocycles. The first-order valence-corrected chi connectivity index (χ1v) is 11.6. The SMILES string of the molecule is O=C(C=Cc1ccc(O)cc1)OCC1=CC2OC(=O)C3=COC(OC4OC(CO)C(O)C(O)C4O)C1C32. The molecule has 0 spiro atoms. The Kier molecular flexibility index (Phi) is 7.03. The minimum Gasteiger partial charge on any atom is -0.508 e. The number of aliphatic hydroxyl groups is 4. The van der Waals surface area contributed by atoms with Gasteiger partial charge in [0.15, 0.2) is 6.29 Å². The van der Waals surface area contributed by atoms with Gasteiger partial charge in [0.2, 0.25) is 6.29 Å². The number of phenols is 1. The van der Waals surface area contributed by atoms with Gasteiger partial charge in [-0.05, 0) is 35.4 Å². The molecule has 4 aliphatic rings. The summed E-state index contributed by atoms with van der Waals surface area (Å²) in [7, 11) is 0. The molecular weight excluding hydrogens is 492 g/mol. The van der Waals surface area contributed by atoms with Gasteiger partial charge >= 0.3 is 11.9 Å². The van der Waals surface area contributed by atoms with Crippen molar-refractivity contribution in [1.82, 2.24) is 0 Å². The molecule has 1 aromatic carbocycles. The molecule has 0 aromatic heterocycles. The van der Waals surface area contributed by atoms with Crippen LogP contribution in [0, 0.1) is 11.8 Å². The molecule has 5 rings (SSSR count). The van der Waals surface area contributed by atoms with Crippen LogP contribution in [-0.4, -0.2) is 93.8 Å². The Morgan fingerprint density at radius 3 is 2.51 bits per heavy atom. The van der Waals surface area contributed by atoms with Gasteiger partial charge in [-0.15, -0.1) is 0 Å². The maximum Gasteiger partial charge on any atom is 0.338 e. The Morgan fingerprint density at radius 2 is 1.78 bits per heavy atom. The maximum atomic E-state index is 12.3. The number of phenolic OH excluding ortho intramolecular Hbond substituents is 1. The lowest BCUT2D eigenvalue weighted by molar-refractivity contribution is -0.339. The van der Waals surface area contributed by atoms with Crippen molar-refractivity contribution in [3.63, 3.8) is 0 Å². The molecule has 9 atom stereocenters. The van der Waals surface area contributed by atoms with Gasteiger partial charge in [-0.1, -0.05) is 12.1 Å². The summed E-state index contributed by atoms with van der Waals surface area (Å²) in [4.78, 5) is 24.5. The zero-order valence-corrected chi connectivity index (χ0v) is 19.3. The highest BCUT2D eigenvalue weighted by Crippen LogP contribution is 2.49. The van der Waals surface area contributed by atoms with Crippen LogP contribution in [0.3, 0.4) is 0 Å². The van der Waals surface area contributed by atoms with E-state index in [1.807, 2.05) is 0 Å². The van der Waals surface area contributed by atoms with Gasteiger partial charge < -0.3 is 49.2 Å². The van der Waals surface area contributed by atoms with Crippen LogP contribution in [0.5, 0.6) is 5.75 Å². The van der Waals surface area contributed by atoms with Gasteiger partial charge in [-0.25, -0.2) is 9.59 Å². The molecule has 198 valence electrons. The van der Waals surface area contributed by atoms with E-state index in [1.54, 1.807) is 18.2 Å². The quantitative estimate of drug-likeness (QED) is 0.171. The van der Waals surface area contributed by atoms with Crippen LogP contribution in [0.25, 0.3) is 6.08 Å². The number of aromatic hydroxyl groups is 1. The summed E-state index contributed by atoms with van der Waals surface area (Å²) in [5.41, 5.74) is 1.52. The van der Waals surface area contributed by atoms with Crippen LogP contribution >= 0.6 is 0 Å². The number of hydrogen-bond donors (Lipinski definition) is 5. The van der Waals surface area contributed by atoms with E-state index in [0.29, 0.717) is 11.1 Å². The molecule has 1 aromatic rings. The zero-order valence-electron chi connectivity index (χ0n) is 19.3. The Labute approximate surface area is 210 Å². The third kappa shape index (κ3) is 4.87. The molecule has 12 heteroatoms. The van der Waals surface area contributed by atoms with E-state index >= 15 is 0 Å². The predicted molar refractivity (Wildman–Crippen MR) is 121 cm³/mol. The molecule has 2 fully saturated rings. The van der Waals surface area contributed by atoms with Crippen molar-refractivity contribution in [2.75, 3.05) is 13.2 Å². The smallest absolute Gasteiger partial charge is 0.338 e. The van der Waals surface area contributed by atoms with Crippen LogP contribution in [0.2, 0.25) is 0 Å². The Hall–Kier alpha value is -3.26. The molecule has 37 heavy (non-hydrogen) atoms. The average Bonchev–Trinajstić information content (AvgIpc) is 3.41. The third-order valence-electron chi connectivity index (χ3n) is 6.81. The number of esters is 2. The first kappa shape index (κ1) is 25.4. The molecule has 0 radical (unpaired) electrons. The topological polar surface area (TPSA) is 181 Å². The molecule has 5 N–H and O–H groups in total. The number of hydrogen-bond acceptors (Lipinski definition) is 12. The minimum absolute atomic E-state index is 0.0998. The summed E-state index contributed by atoms with van der Waals surface area (Å²) in [5, 5.41) is 49.2. The van der Waals surface area contributed by atoms with Gasteiger partial charge in [0.25, 0.3) is 0 Å². The van der Waals surface area contributed by atoms with Gasteiger partial charge in [0.05, 0.1) is 24.4 Å². The minimum atomic E-state index is -1.65. The van der Waals surface area contributed by atoms with Gasteiger partial charge in [-0.3, -0.25) is 0 Å². The van der Waals surface area contributed by atoms with E-state index < -0.39 is 73.5 Å². The fourth-order valence-electron chi connectivity index (χ4n) is 4.89. The van der Waals surface area contributed by atoms with Crippen LogP contribution in [0.4, 0.5) is 0 Å². The summed E-state index contributed by atoms with van der Waals surface area (Å²) >= 11 is 0. The van der Waals surface area contributed by atoms with Crippen molar-refractivity contribution < 1.29 is 58.8 Å². The lowest BCUT2D eigenvalue weighted by atomic mass is 9.84. The van der Waals surface area contributed by atoms with E-state index in [0.717, 1.165) is 0 Å². The Morgan fingerprint density at radius 1 is 1.03 bits per heavy atom. The first-order chi connectivity index (χ1) is 17.8. The maximum absolute atomic E-state index is 12.3. The second-order valence-corrected chi connectivity index (χ2v) is 9.11. The van der Waals surface area contributed by atoms with Gasteiger partial charge in [0.1, 0.15) is 42.9 Å². The second-order valence-electron chi connectivity index (χ2n) is 9.11. The molecule has 1 aliphatic carbocycles. The van der Waals surface area contributed by atoms with Crippen LogP contribution < -0.4 is 0 Å². The van der Waals surface area contributed by atoms with Crippen LogP contribution in [-0.2, 0) is 33.3 Å². The summed E-state index contributed by atoms with van der Waals surface area (Å²) in [6.07, 6.45) is -3.64. The second kappa shape index (κ2) is 10.2. The van der Waals surface area contributed by atoms with Crippen molar-refractivity contribution in [3.8, 4) is 5.75 Å². The van der Waals surface area contributed by atoms with E-state index in [-0.39, 0.29) is 17.9 Å². The number of ether oxygens (including phenoxy) is 5. The highest BCUT2D eigenvalue weighted by atomic mass is 16.8. The lowest BCUT2D eigenvalue weighted by Gasteiger charge is -2.42. The van der Waals surface area contributed by atoms with Gasteiger partial charge in [0, 0.05) is 12.0 Å². The standard InChI is InChI=1S/C25H26O12/c26-8-16-20(29)21(30)22(31)25(36-16)37-24-18-12(7-15-19(18)14(10-34-24)23(32)35-15)9-33-17(28)6-3-11-1-4-13(27)5-2-11/h1-7,10,15-16,18-22,24-27,29-31H,8-9H2. The predicted octanol–water partition coefficient (Wildman–Crippen LogP) is -0.897. The number of carbonyl (C=O) groups is 2. The van der Waals surface area contributed by atoms with E-state index in [1.165, 1.54) is 30.5 Å². The third-order valence-corrected chi connectivity index (χ3v) is 6.81. The molecule has 0 amide bonds. The van der Waals surface area contributed by atoms with Gasteiger partial charge in [-0.2, -0.15) is 0 Å². The molecule has 2 saturated heterocycles. The normalized spacial score (nSPS) is 36.4. The van der Waals surface area contributed by atoms with Crippen molar-refractivity contribution in [2.24, 2.45) is 11.8 Å². The molecule has 3 heterocycles. The highest BCUT2D eigenvalue weighted by Gasteiger charge is 2.56. The molecule has 3 aliphatic heterocycles. The number of carbonyl (C=O) groups excluding carboxylic acids is 2. The summed E-state index contributed by atoms with van der Waals surface area (Å²) in [6, 6.07) is 6.22. The monoisotopic (exact) mass is 518 g/mol. The van der Waals surface area contributed by atoms with E-state index in [2.05, 4.69) is 0 Å². The fourth-order valence-corrected chi connectivity index (χ4v) is 4.89. The van der Waals surface area contributed by atoms with Crippen LogP contribution in [0.15, 0.2) is 53.8 Å². The Balaban J connectivity index is 1.29.